The summed E-state index contributed by atoms with van der Waals surface area (Å²) in [6, 6.07) is 5.85. The lowest BCUT2D eigenvalue weighted by Crippen LogP contribution is -2.56. The molecule has 1 aliphatic carbocycles. The minimum Gasteiger partial charge on any atom is -0.497 e. The van der Waals surface area contributed by atoms with E-state index in [1.165, 1.54) is 12.8 Å². The summed E-state index contributed by atoms with van der Waals surface area (Å²) in [6.07, 6.45) is 9.34. The van der Waals surface area contributed by atoms with E-state index in [0.717, 1.165) is 62.1 Å². The predicted octanol–water partition coefficient (Wildman–Crippen LogP) is 4.70. The first kappa shape index (κ1) is 25.8. The highest BCUT2D eigenvalue weighted by atomic mass is 16.5. The fraction of sp³-hybridized carbons (Fsp3) is 0.741. The summed E-state index contributed by atoms with van der Waals surface area (Å²) in [5.41, 5.74) is 0.361. The molecule has 186 valence electrons. The topological polar surface area (TPSA) is 71.0 Å². The number of ether oxygens (including phenoxy) is 2. The normalized spacial score (nSPS) is 26.3. The molecule has 6 heteroatoms. The number of methoxy groups -OCH3 is 2. The molecule has 1 saturated carbocycles. The van der Waals surface area contributed by atoms with Crippen molar-refractivity contribution in [3.8, 4) is 11.5 Å². The smallest absolute Gasteiger partial charge is 0.234 e. The first-order valence-electron chi connectivity index (χ1n) is 12.9. The standard InChI is InChI=1S/C27H44N2O4/c1-5-7-10-20(6-2)18-28-25(30)19-29-16-15-27(31)14-9-8-11-23(27)26(29)22-13-12-21(32-3)17-24(22)33-4/h12-13,17,20,23,26,31H,5-11,14-16,18-19H2,1-4H3,(H,28,30)/t20-,23-,26-,27+/m0/s1. The quantitative estimate of drug-likeness (QED) is 0.501. The zero-order valence-corrected chi connectivity index (χ0v) is 21.1. The summed E-state index contributed by atoms with van der Waals surface area (Å²) in [6.45, 7) is 6.20. The number of fused-ring (bicyclic) bond motifs is 1. The zero-order chi connectivity index (χ0) is 23.8. The van der Waals surface area contributed by atoms with Crippen molar-refractivity contribution >= 4 is 5.91 Å². The second kappa shape index (κ2) is 12.1. The third-order valence-corrected chi connectivity index (χ3v) is 7.91. The summed E-state index contributed by atoms with van der Waals surface area (Å²) in [5, 5.41) is 14.7. The summed E-state index contributed by atoms with van der Waals surface area (Å²) in [5.74, 6) is 2.19. The van der Waals surface area contributed by atoms with E-state index in [4.69, 9.17) is 9.47 Å². The lowest BCUT2D eigenvalue weighted by Gasteiger charge is -2.52. The Labute approximate surface area is 200 Å². The minimum absolute atomic E-state index is 0.0577. The Kier molecular flexibility index (Phi) is 9.45. The Morgan fingerprint density at radius 1 is 1.24 bits per heavy atom. The number of hydrogen-bond acceptors (Lipinski definition) is 5. The average Bonchev–Trinajstić information content (AvgIpc) is 2.83. The Morgan fingerprint density at radius 2 is 2.06 bits per heavy atom. The molecular formula is C27H44N2O4. The lowest BCUT2D eigenvalue weighted by molar-refractivity contribution is -0.138. The molecule has 1 aromatic carbocycles. The Hall–Kier alpha value is -1.79. The van der Waals surface area contributed by atoms with Crippen LogP contribution in [0.2, 0.25) is 0 Å². The van der Waals surface area contributed by atoms with Gasteiger partial charge in [0.15, 0.2) is 0 Å². The number of nitrogens with one attached hydrogen (secondary N) is 1. The van der Waals surface area contributed by atoms with E-state index in [1.807, 2.05) is 18.2 Å². The number of carbonyl (C=O) groups is 1. The van der Waals surface area contributed by atoms with Gasteiger partial charge in [-0.2, -0.15) is 0 Å². The van der Waals surface area contributed by atoms with Crippen molar-refractivity contribution in [2.24, 2.45) is 11.8 Å². The van der Waals surface area contributed by atoms with Crippen LogP contribution in [-0.2, 0) is 4.79 Å². The molecule has 1 amide bonds. The molecule has 0 radical (unpaired) electrons. The van der Waals surface area contributed by atoms with Gasteiger partial charge in [-0.25, -0.2) is 0 Å². The van der Waals surface area contributed by atoms with Crippen LogP contribution in [0.15, 0.2) is 18.2 Å². The molecule has 33 heavy (non-hydrogen) atoms. The molecule has 0 aromatic heterocycles. The predicted molar refractivity (Wildman–Crippen MR) is 132 cm³/mol. The Balaban J connectivity index is 1.80. The second-order valence-corrected chi connectivity index (χ2v) is 9.95. The largest absolute Gasteiger partial charge is 0.497 e. The Bertz CT molecular complexity index is 770. The van der Waals surface area contributed by atoms with Crippen LogP contribution in [0.3, 0.4) is 0 Å². The van der Waals surface area contributed by atoms with E-state index in [1.54, 1.807) is 14.2 Å². The SMILES string of the molecule is CCCC[C@H](CC)CNC(=O)CN1CC[C@]2(O)CCCC[C@H]2[C@@H]1c1ccc(OC)cc1OC. The van der Waals surface area contributed by atoms with Gasteiger partial charge in [-0.1, -0.05) is 52.0 Å². The molecular weight excluding hydrogens is 416 g/mol. The van der Waals surface area contributed by atoms with Crippen LogP contribution in [0.25, 0.3) is 0 Å². The molecule has 3 rings (SSSR count). The van der Waals surface area contributed by atoms with E-state index in [2.05, 4.69) is 24.1 Å². The van der Waals surface area contributed by atoms with Crippen molar-refractivity contribution in [1.29, 1.82) is 0 Å². The van der Waals surface area contributed by atoms with Gasteiger partial charge < -0.3 is 19.9 Å². The first-order valence-corrected chi connectivity index (χ1v) is 12.9. The van der Waals surface area contributed by atoms with Gasteiger partial charge in [0.25, 0.3) is 0 Å². The molecule has 1 heterocycles. The zero-order valence-electron chi connectivity index (χ0n) is 21.1. The van der Waals surface area contributed by atoms with Gasteiger partial charge in [0, 0.05) is 36.7 Å². The van der Waals surface area contributed by atoms with E-state index in [9.17, 15) is 9.90 Å². The lowest BCUT2D eigenvalue weighted by atomic mass is 9.66. The van der Waals surface area contributed by atoms with E-state index in [0.29, 0.717) is 25.4 Å². The van der Waals surface area contributed by atoms with Crippen LogP contribution >= 0.6 is 0 Å². The molecule has 0 bridgehead atoms. The molecule has 1 aliphatic heterocycles. The summed E-state index contributed by atoms with van der Waals surface area (Å²) >= 11 is 0. The molecule has 2 N–H and O–H groups in total. The van der Waals surface area contributed by atoms with Gasteiger partial charge in [0.1, 0.15) is 11.5 Å². The molecule has 1 aromatic rings. The molecule has 6 nitrogen and oxygen atoms in total. The monoisotopic (exact) mass is 460 g/mol. The average molecular weight is 461 g/mol. The van der Waals surface area contributed by atoms with Gasteiger partial charge in [0.05, 0.1) is 26.4 Å². The number of aliphatic hydroxyl groups is 1. The number of likely N-dealkylation sites (tertiary alicyclic amines) is 1. The number of unbranched alkanes of at least 4 members (excludes halogenated alkanes) is 1. The van der Waals surface area contributed by atoms with Crippen LogP contribution in [-0.4, -0.2) is 55.4 Å². The fourth-order valence-electron chi connectivity index (χ4n) is 5.84. The number of benzene rings is 1. The van der Waals surface area contributed by atoms with Gasteiger partial charge >= 0.3 is 0 Å². The van der Waals surface area contributed by atoms with Crippen molar-refractivity contribution in [1.82, 2.24) is 10.2 Å². The molecule has 0 unspecified atom stereocenters. The Morgan fingerprint density at radius 3 is 2.76 bits per heavy atom. The highest BCUT2D eigenvalue weighted by Crippen LogP contribution is 2.51. The van der Waals surface area contributed by atoms with E-state index >= 15 is 0 Å². The number of hydrogen-bond donors (Lipinski definition) is 2. The van der Waals surface area contributed by atoms with Crippen molar-refractivity contribution in [2.45, 2.75) is 83.3 Å². The summed E-state index contributed by atoms with van der Waals surface area (Å²) in [4.78, 5) is 15.3. The van der Waals surface area contributed by atoms with Gasteiger partial charge in [-0.05, 0) is 37.7 Å². The molecule has 2 fully saturated rings. The summed E-state index contributed by atoms with van der Waals surface area (Å²) in [7, 11) is 3.32. The summed E-state index contributed by atoms with van der Waals surface area (Å²) < 4.78 is 11.2. The van der Waals surface area contributed by atoms with Gasteiger partial charge in [-0.3, -0.25) is 9.69 Å². The molecule has 0 spiro atoms. The maximum atomic E-state index is 13.0. The first-order chi connectivity index (χ1) is 16.0. The number of amides is 1. The number of rotatable bonds is 11. The van der Waals surface area contributed by atoms with Crippen molar-refractivity contribution in [3.05, 3.63) is 23.8 Å². The van der Waals surface area contributed by atoms with E-state index < -0.39 is 5.60 Å². The number of nitrogens with zero attached hydrogens (tertiary/aromatic N) is 1. The molecule has 1 saturated heterocycles. The highest BCUT2D eigenvalue weighted by Gasteiger charge is 2.49. The maximum absolute atomic E-state index is 13.0. The van der Waals surface area contributed by atoms with Crippen LogP contribution in [0.4, 0.5) is 0 Å². The van der Waals surface area contributed by atoms with Crippen LogP contribution < -0.4 is 14.8 Å². The van der Waals surface area contributed by atoms with Gasteiger partial charge in [0.2, 0.25) is 5.91 Å². The fourth-order valence-corrected chi connectivity index (χ4v) is 5.84. The molecule has 2 aliphatic rings. The minimum atomic E-state index is -0.672. The van der Waals surface area contributed by atoms with Gasteiger partial charge in [-0.15, -0.1) is 0 Å². The van der Waals surface area contributed by atoms with Crippen molar-refractivity contribution in [3.63, 3.8) is 0 Å². The maximum Gasteiger partial charge on any atom is 0.234 e. The number of carbonyl (C=O) groups excluding carboxylic acids is 1. The third-order valence-electron chi connectivity index (χ3n) is 7.91. The highest BCUT2D eigenvalue weighted by molar-refractivity contribution is 5.78. The van der Waals surface area contributed by atoms with Crippen LogP contribution in [0, 0.1) is 11.8 Å². The number of piperidine rings is 1. The third kappa shape index (κ3) is 6.21. The van der Waals surface area contributed by atoms with Crippen LogP contribution in [0.1, 0.15) is 83.2 Å². The second-order valence-electron chi connectivity index (χ2n) is 9.95. The van der Waals surface area contributed by atoms with Crippen molar-refractivity contribution in [2.75, 3.05) is 33.9 Å². The van der Waals surface area contributed by atoms with Crippen LogP contribution in [0.5, 0.6) is 11.5 Å². The van der Waals surface area contributed by atoms with Crippen molar-refractivity contribution < 1.29 is 19.4 Å². The molecule has 4 atom stereocenters. The van der Waals surface area contributed by atoms with E-state index in [-0.39, 0.29) is 17.9 Å².